The van der Waals surface area contributed by atoms with Crippen molar-refractivity contribution in [3.8, 4) is 11.5 Å². The van der Waals surface area contributed by atoms with E-state index in [1.54, 1.807) is 24.3 Å². The van der Waals surface area contributed by atoms with Gasteiger partial charge in [0.1, 0.15) is 11.5 Å². The first-order valence-electron chi connectivity index (χ1n) is 9.01. The summed E-state index contributed by atoms with van der Waals surface area (Å²) in [6, 6.07) is 12.1. The summed E-state index contributed by atoms with van der Waals surface area (Å²) < 4.78 is 10.9. The van der Waals surface area contributed by atoms with Crippen LogP contribution in [0.2, 0.25) is 10.0 Å². The van der Waals surface area contributed by atoms with Gasteiger partial charge in [-0.3, -0.25) is 25.8 Å². The van der Waals surface area contributed by atoms with Crippen molar-refractivity contribution in [3.63, 3.8) is 0 Å². The van der Waals surface area contributed by atoms with Crippen LogP contribution in [0.5, 0.6) is 11.5 Å². The topological polar surface area (TPSA) is 88.7 Å². The van der Waals surface area contributed by atoms with Crippen LogP contribution in [0.3, 0.4) is 0 Å². The predicted molar refractivity (Wildman–Crippen MR) is 120 cm³/mol. The fourth-order valence-electron chi connectivity index (χ4n) is 2.19. The smallest absolute Gasteiger partial charge is 0.276 e. The second-order valence-electron chi connectivity index (χ2n) is 6.11. The molecule has 2 rings (SSSR count). The lowest BCUT2D eigenvalue weighted by Gasteiger charge is -2.17. The van der Waals surface area contributed by atoms with Gasteiger partial charge in [-0.1, -0.05) is 42.3 Å². The molecule has 7 nitrogen and oxygen atoms in total. The Labute approximate surface area is 190 Å². The first-order valence-corrected chi connectivity index (χ1v) is 10.2. The zero-order chi connectivity index (χ0) is 22.1. The Balaban J connectivity index is 1.71. The average molecular weight is 470 g/mol. The van der Waals surface area contributed by atoms with Crippen LogP contribution in [0.15, 0.2) is 42.5 Å². The van der Waals surface area contributed by atoms with Gasteiger partial charge < -0.3 is 9.47 Å². The summed E-state index contributed by atoms with van der Waals surface area (Å²) >= 11 is 16.8. The van der Waals surface area contributed by atoms with Crippen molar-refractivity contribution in [2.75, 3.05) is 6.61 Å². The summed E-state index contributed by atoms with van der Waals surface area (Å²) in [5.74, 6) is -0.117. The van der Waals surface area contributed by atoms with E-state index in [2.05, 4.69) is 23.1 Å². The van der Waals surface area contributed by atoms with Crippen LogP contribution < -0.4 is 25.6 Å². The third-order valence-corrected chi connectivity index (χ3v) is 4.56. The van der Waals surface area contributed by atoms with Gasteiger partial charge in [0.25, 0.3) is 11.8 Å². The second-order valence-corrected chi connectivity index (χ2v) is 7.36. The number of ether oxygens (including phenoxy) is 2. The Morgan fingerprint density at radius 2 is 1.80 bits per heavy atom. The lowest BCUT2D eigenvalue weighted by atomic mass is 10.2. The Morgan fingerprint density at radius 1 is 1.10 bits per heavy atom. The first kappa shape index (κ1) is 23.7. The van der Waals surface area contributed by atoms with Crippen molar-refractivity contribution < 1.29 is 19.1 Å². The molecule has 10 heteroatoms. The number of carbonyl (C=O) groups excluding carboxylic acids is 2. The monoisotopic (exact) mass is 469 g/mol. The molecule has 0 spiro atoms. The average Bonchev–Trinajstić information content (AvgIpc) is 2.73. The molecule has 0 aliphatic rings. The number of halogens is 2. The molecule has 2 aromatic carbocycles. The third kappa shape index (κ3) is 7.70. The van der Waals surface area contributed by atoms with Gasteiger partial charge in [0.15, 0.2) is 17.8 Å². The molecule has 3 N–H and O–H groups in total. The highest BCUT2D eigenvalue weighted by Gasteiger charge is 2.17. The van der Waals surface area contributed by atoms with Crippen LogP contribution in [-0.2, 0) is 16.0 Å². The number of hydrogen-bond acceptors (Lipinski definition) is 5. The minimum absolute atomic E-state index is 0.0988. The van der Waals surface area contributed by atoms with Crippen LogP contribution in [0.4, 0.5) is 0 Å². The van der Waals surface area contributed by atoms with Crippen molar-refractivity contribution in [2.45, 2.75) is 26.4 Å². The van der Waals surface area contributed by atoms with E-state index in [9.17, 15) is 9.59 Å². The molecule has 1 atom stereocenters. The van der Waals surface area contributed by atoms with Gasteiger partial charge in [0, 0.05) is 5.02 Å². The minimum Gasteiger partial charge on any atom is -0.484 e. The number of amides is 2. The summed E-state index contributed by atoms with van der Waals surface area (Å²) in [4.78, 5) is 24.0. The number of aryl methyl sites for hydroxylation is 1. The number of hydrogen-bond donors (Lipinski definition) is 3. The van der Waals surface area contributed by atoms with Gasteiger partial charge in [-0.25, -0.2) is 0 Å². The molecule has 0 saturated carbocycles. The predicted octanol–water partition coefficient (Wildman–Crippen LogP) is 3.42. The van der Waals surface area contributed by atoms with Crippen LogP contribution in [0, 0.1) is 0 Å². The molecule has 0 fully saturated rings. The van der Waals surface area contributed by atoms with E-state index in [1.807, 2.05) is 12.1 Å². The van der Waals surface area contributed by atoms with Gasteiger partial charge in [0.2, 0.25) is 0 Å². The number of nitrogens with one attached hydrogen (secondary N) is 3. The van der Waals surface area contributed by atoms with E-state index in [1.165, 1.54) is 18.6 Å². The molecule has 0 bridgehead atoms. The van der Waals surface area contributed by atoms with Gasteiger partial charge >= 0.3 is 0 Å². The lowest BCUT2D eigenvalue weighted by molar-refractivity contribution is -0.126. The van der Waals surface area contributed by atoms with Gasteiger partial charge in [-0.15, -0.1) is 0 Å². The lowest BCUT2D eigenvalue weighted by Crippen LogP contribution is -2.51. The maximum atomic E-state index is 12.2. The number of thiocarbonyl (C=S) groups is 1. The molecular formula is C20H21Cl2N3O4S. The largest absolute Gasteiger partial charge is 0.484 e. The molecule has 0 heterocycles. The highest BCUT2D eigenvalue weighted by Crippen LogP contribution is 2.28. The van der Waals surface area contributed by atoms with Gasteiger partial charge in [0.05, 0.1) is 5.02 Å². The fourth-order valence-corrected chi connectivity index (χ4v) is 2.80. The zero-order valence-corrected chi connectivity index (χ0v) is 18.7. The molecule has 0 radical (unpaired) electrons. The molecule has 0 aromatic heterocycles. The molecule has 2 amide bonds. The molecule has 160 valence electrons. The second kappa shape index (κ2) is 11.6. The molecular weight excluding hydrogens is 449 g/mol. The summed E-state index contributed by atoms with van der Waals surface area (Å²) in [6.45, 7) is 3.36. The van der Waals surface area contributed by atoms with Crippen molar-refractivity contribution >= 4 is 52.3 Å². The van der Waals surface area contributed by atoms with E-state index in [4.69, 9.17) is 44.9 Å². The van der Waals surface area contributed by atoms with Gasteiger partial charge in [-0.2, -0.15) is 0 Å². The van der Waals surface area contributed by atoms with E-state index in [0.717, 1.165) is 6.42 Å². The van der Waals surface area contributed by atoms with Crippen LogP contribution in [-0.4, -0.2) is 29.6 Å². The van der Waals surface area contributed by atoms with E-state index in [-0.39, 0.29) is 16.7 Å². The molecule has 0 aliphatic carbocycles. The number of carbonyl (C=O) groups is 2. The van der Waals surface area contributed by atoms with E-state index in [0.29, 0.717) is 16.5 Å². The summed E-state index contributed by atoms with van der Waals surface area (Å²) in [5, 5.41) is 3.03. The zero-order valence-electron chi connectivity index (χ0n) is 16.3. The third-order valence-electron chi connectivity index (χ3n) is 3.82. The summed E-state index contributed by atoms with van der Waals surface area (Å²) in [7, 11) is 0. The number of hydrazine groups is 1. The van der Waals surface area contributed by atoms with Crippen LogP contribution in [0.25, 0.3) is 0 Å². The van der Waals surface area contributed by atoms with Gasteiger partial charge in [-0.05, 0) is 61.5 Å². The van der Waals surface area contributed by atoms with Crippen molar-refractivity contribution in [2.24, 2.45) is 0 Å². The standard InChI is InChI=1S/C20H21Cl2N3O4S/c1-3-13-4-7-15(8-5-13)28-11-18(26)24-25-20(30)23-19(27)12(2)29-17-9-6-14(21)10-16(17)22/h4-10,12H,3,11H2,1-2H3,(H,24,26)(H2,23,25,27,30). The highest BCUT2D eigenvalue weighted by atomic mass is 35.5. The quantitative estimate of drug-likeness (QED) is 0.425. The molecule has 0 saturated heterocycles. The molecule has 1 unspecified atom stereocenters. The van der Waals surface area contributed by atoms with Crippen molar-refractivity contribution in [1.82, 2.24) is 16.2 Å². The summed E-state index contributed by atoms with van der Waals surface area (Å²) in [6.07, 6.45) is 0.0260. The van der Waals surface area contributed by atoms with E-state index >= 15 is 0 Å². The number of benzene rings is 2. The molecule has 0 aliphatic heterocycles. The Hall–Kier alpha value is -2.55. The Morgan fingerprint density at radius 3 is 2.43 bits per heavy atom. The maximum absolute atomic E-state index is 12.2. The Bertz CT molecular complexity index is 909. The molecule has 2 aromatic rings. The first-order chi connectivity index (χ1) is 14.3. The van der Waals surface area contributed by atoms with Crippen molar-refractivity contribution in [3.05, 3.63) is 58.1 Å². The highest BCUT2D eigenvalue weighted by molar-refractivity contribution is 7.80. The SMILES string of the molecule is CCc1ccc(OCC(=O)NNC(=S)NC(=O)C(C)Oc2ccc(Cl)cc2Cl)cc1. The normalized spacial score (nSPS) is 11.2. The summed E-state index contributed by atoms with van der Waals surface area (Å²) in [5.41, 5.74) is 5.94. The minimum atomic E-state index is -0.895. The van der Waals surface area contributed by atoms with Crippen LogP contribution in [0.1, 0.15) is 19.4 Å². The van der Waals surface area contributed by atoms with Crippen molar-refractivity contribution in [1.29, 1.82) is 0 Å². The van der Waals surface area contributed by atoms with E-state index < -0.39 is 17.9 Å². The fraction of sp³-hybridized carbons (Fsp3) is 0.250. The number of rotatable bonds is 7. The maximum Gasteiger partial charge on any atom is 0.276 e. The molecule has 30 heavy (non-hydrogen) atoms. The van der Waals surface area contributed by atoms with Crippen LogP contribution >= 0.6 is 35.4 Å². The Kier molecular flexibility index (Phi) is 9.16.